The molecule has 2 amide bonds. The van der Waals surface area contributed by atoms with E-state index in [-0.39, 0.29) is 5.91 Å². The first-order valence-corrected chi connectivity index (χ1v) is 6.75. The van der Waals surface area contributed by atoms with Crippen LogP contribution in [-0.4, -0.2) is 16.8 Å². The van der Waals surface area contributed by atoms with E-state index in [1.807, 2.05) is 6.07 Å². The summed E-state index contributed by atoms with van der Waals surface area (Å²) in [6, 6.07) is 10.4. The molecule has 0 saturated carbocycles. The van der Waals surface area contributed by atoms with Crippen LogP contribution in [0.4, 0.5) is 5.82 Å². The Kier molecular flexibility index (Phi) is 5.08. The normalized spacial score (nSPS) is 10.2. The number of hydrogen-bond donors (Lipinski definition) is 3. The maximum atomic E-state index is 11.8. The number of nitrogen functional groups attached to an aromatic ring is 1. The number of nitrogens with zero attached hydrogens (tertiary/aromatic N) is 1. The molecule has 22 heavy (non-hydrogen) atoms. The number of primary amides is 1. The zero-order chi connectivity index (χ0) is 15.9. The molecule has 1 radical (unpaired) electrons. The number of rotatable bonds is 6. The average molecular weight is 297 g/mol. The average Bonchev–Trinajstić information content (AvgIpc) is 2.52. The van der Waals surface area contributed by atoms with Crippen LogP contribution in [0.15, 0.2) is 42.6 Å². The minimum atomic E-state index is -0.484. The number of carbonyl (C=O) groups is 2. The first kappa shape index (κ1) is 15.5. The molecule has 0 aliphatic rings. The Morgan fingerprint density at radius 2 is 2.00 bits per heavy atom. The molecule has 6 heteroatoms. The molecule has 0 atom stereocenters. The van der Waals surface area contributed by atoms with Crippen molar-refractivity contribution in [3.8, 4) is 0 Å². The van der Waals surface area contributed by atoms with Gasteiger partial charge in [-0.25, -0.2) is 4.98 Å². The fourth-order valence-corrected chi connectivity index (χ4v) is 1.86. The summed E-state index contributed by atoms with van der Waals surface area (Å²) in [4.78, 5) is 26.8. The number of nitrogens with two attached hydrogens (primary N) is 2. The Bertz CT molecular complexity index is 668. The predicted molar refractivity (Wildman–Crippen MR) is 83.5 cm³/mol. The molecular weight excluding hydrogens is 280 g/mol. The van der Waals surface area contributed by atoms with Gasteiger partial charge in [0.15, 0.2) is 0 Å². The first-order valence-electron chi connectivity index (χ1n) is 6.75. The van der Waals surface area contributed by atoms with Gasteiger partial charge in [0.1, 0.15) is 5.82 Å². The van der Waals surface area contributed by atoms with Gasteiger partial charge in [-0.1, -0.05) is 18.2 Å². The molecule has 0 saturated heterocycles. The standard InChI is InChI=1S/C16H17N4O2/c17-14-6-4-12(9-19-14)10-20-15(21)7-5-11-2-1-3-13(8-11)16(18)22/h1-4,6-9H,5,10H2,(H2,17,19)(H2,18,22)(H,20,21). The van der Waals surface area contributed by atoms with Crippen molar-refractivity contribution in [2.45, 2.75) is 13.0 Å². The van der Waals surface area contributed by atoms with Crippen LogP contribution in [0.2, 0.25) is 0 Å². The first-order chi connectivity index (χ1) is 10.5. The summed E-state index contributed by atoms with van der Waals surface area (Å²) in [5.41, 5.74) is 12.9. The monoisotopic (exact) mass is 297 g/mol. The molecule has 1 heterocycles. The Hall–Kier alpha value is -2.89. The van der Waals surface area contributed by atoms with Gasteiger partial charge in [0.25, 0.3) is 0 Å². The van der Waals surface area contributed by atoms with E-state index in [1.165, 1.54) is 6.42 Å². The van der Waals surface area contributed by atoms with E-state index < -0.39 is 5.91 Å². The van der Waals surface area contributed by atoms with Crippen molar-refractivity contribution >= 4 is 17.6 Å². The lowest BCUT2D eigenvalue weighted by Gasteiger charge is -2.06. The molecule has 1 aromatic heterocycles. The Labute approximate surface area is 128 Å². The highest BCUT2D eigenvalue weighted by atomic mass is 16.1. The van der Waals surface area contributed by atoms with Crippen LogP contribution < -0.4 is 16.8 Å². The Morgan fingerprint density at radius 3 is 2.68 bits per heavy atom. The van der Waals surface area contributed by atoms with Gasteiger partial charge in [-0.2, -0.15) is 0 Å². The zero-order valence-corrected chi connectivity index (χ0v) is 12.0. The second-order valence-electron chi connectivity index (χ2n) is 4.78. The van der Waals surface area contributed by atoms with Crippen molar-refractivity contribution in [1.82, 2.24) is 10.3 Å². The molecule has 113 valence electrons. The highest BCUT2D eigenvalue weighted by molar-refractivity contribution is 5.93. The summed E-state index contributed by atoms with van der Waals surface area (Å²) in [5.74, 6) is -0.237. The summed E-state index contributed by atoms with van der Waals surface area (Å²) in [7, 11) is 0. The molecule has 2 rings (SSSR count). The smallest absolute Gasteiger partial charge is 0.248 e. The van der Waals surface area contributed by atoms with Gasteiger partial charge in [0.05, 0.1) is 6.42 Å². The number of anilines is 1. The Morgan fingerprint density at radius 1 is 1.18 bits per heavy atom. The quantitative estimate of drug-likeness (QED) is 0.733. The van der Waals surface area contributed by atoms with Crippen molar-refractivity contribution in [3.05, 3.63) is 65.7 Å². The van der Waals surface area contributed by atoms with Gasteiger partial charge in [-0.05, 0) is 35.7 Å². The van der Waals surface area contributed by atoms with Gasteiger partial charge in [-0.15, -0.1) is 0 Å². The van der Waals surface area contributed by atoms with Crippen molar-refractivity contribution < 1.29 is 9.59 Å². The van der Waals surface area contributed by atoms with E-state index in [1.54, 1.807) is 36.5 Å². The van der Waals surface area contributed by atoms with Crippen LogP contribution in [0.1, 0.15) is 21.5 Å². The maximum Gasteiger partial charge on any atom is 0.248 e. The van der Waals surface area contributed by atoms with Crippen LogP contribution >= 0.6 is 0 Å². The fourth-order valence-electron chi connectivity index (χ4n) is 1.86. The van der Waals surface area contributed by atoms with Crippen LogP contribution in [0, 0.1) is 6.42 Å². The van der Waals surface area contributed by atoms with Crippen LogP contribution in [0.5, 0.6) is 0 Å². The third-order valence-electron chi connectivity index (χ3n) is 3.05. The highest BCUT2D eigenvalue weighted by Crippen LogP contribution is 2.07. The van der Waals surface area contributed by atoms with E-state index in [4.69, 9.17) is 11.5 Å². The van der Waals surface area contributed by atoms with Crippen LogP contribution in [0.3, 0.4) is 0 Å². The lowest BCUT2D eigenvalue weighted by atomic mass is 10.1. The summed E-state index contributed by atoms with van der Waals surface area (Å²) < 4.78 is 0. The zero-order valence-electron chi connectivity index (χ0n) is 12.0. The number of amides is 2. The molecule has 1 aromatic carbocycles. The number of nitrogens with one attached hydrogen (secondary N) is 1. The van der Waals surface area contributed by atoms with Gasteiger partial charge >= 0.3 is 0 Å². The van der Waals surface area contributed by atoms with Gasteiger partial charge in [0, 0.05) is 18.3 Å². The molecule has 6 nitrogen and oxygen atoms in total. The van der Waals surface area contributed by atoms with E-state index >= 15 is 0 Å². The SMILES string of the molecule is NC(=O)c1cccc(C[CH]C(=O)NCc2ccc(N)nc2)c1. The predicted octanol–water partition coefficient (Wildman–Crippen LogP) is 0.826. The third kappa shape index (κ3) is 4.59. The van der Waals surface area contributed by atoms with Crippen LogP contribution in [0.25, 0.3) is 0 Å². The molecule has 0 spiro atoms. The van der Waals surface area contributed by atoms with Crippen molar-refractivity contribution in [3.63, 3.8) is 0 Å². The molecule has 0 unspecified atom stereocenters. The molecule has 2 aromatic rings. The second-order valence-corrected chi connectivity index (χ2v) is 4.78. The number of aromatic nitrogens is 1. The van der Waals surface area contributed by atoms with E-state index in [0.29, 0.717) is 24.3 Å². The number of hydrogen-bond acceptors (Lipinski definition) is 4. The summed E-state index contributed by atoms with van der Waals surface area (Å²) in [6.07, 6.45) is 3.56. The Balaban J connectivity index is 1.81. The second kappa shape index (κ2) is 7.21. The molecular formula is C16H17N4O2. The largest absolute Gasteiger partial charge is 0.384 e. The topological polar surface area (TPSA) is 111 Å². The minimum absolute atomic E-state index is 0.193. The van der Waals surface area contributed by atoms with Gasteiger partial charge in [-0.3, -0.25) is 9.59 Å². The fraction of sp³-hybridized carbons (Fsp3) is 0.125. The number of benzene rings is 1. The number of pyridine rings is 1. The van der Waals surface area contributed by atoms with Crippen LogP contribution in [-0.2, 0) is 17.8 Å². The molecule has 0 bridgehead atoms. The van der Waals surface area contributed by atoms with E-state index in [0.717, 1.165) is 11.1 Å². The van der Waals surface area contributed by atoms with Gasteiger partial charge in [0.2, 0.25) is 11.8 Å². The van der Waals surface area contributed by atoms with E-state index in [2.05, 4.69) is 10.3 Å². The summed E-state index contributed by atoms with van der Waals surface area (Å²) in [5, 5.41) is 2.76. The summed E-state index contributed by atoms with van der Waals surface area (Å²) in [6.45, 7) is 0.379. The maximum absolute atomic E-state index is 11.8. The van der Waals surface area contributed by atoms with E-state index in [9.17, 15) is 9.59 Å². The lowest BCUT2D eigenvalue weighted by molar-refractivity contribution is -0.118. The summed E-state index contributed by atoms with van der Waals surface area (Å²) >= 11 is 0. The molecule has 5 N–H and O–H groups in total. The lowest BCUT2D eigenvalue weighted by Crippen LogP contribution is -2.23. The van der Waals surface area contributed by atoms with Crippen molar-refractivity contribution in [2.24, 2.45) is 5.73 Å². The minimum Gasteiger partial charge on any atom is -0.384 e. The highest BCUT2D eigenvalue weighted by Gasteiger charge is 2.05. The molecule has 0 aliphatic carbocycles. The van der Waals surface area contributed by atoms with Crippen molar-refractivity contribution in [2.75, 3.05) is 5.73 Å². The molecule has 0 fully saturated rings. The molecule has 0 aliphatic heterocycles. The third-order valence-corrected chi connectivity index (χ3v) is 3.05. The van der Waals surface area contributed by atoms with Gasteiger partial charge < -0.3 is 16.8 Å². The number of carbonyl (C=O) groups excluding carboxylic acids is 2. The van der Waals surface area contributed by atoms with Crippen molar-refractivity contribution in [1.29, 1.82) is 0 Å².